The molecule has 0 fully saturated rings. The minimum Gasteiger partial charge on any atom is -0.291 e. The van der Waals surface area contributed by atoms with E-state index in [9.17, 15) is 0 Å². The molecule has 1 aliphatic carbocycles. The Balaban J connectivity index is 3.04. The van der Waals surface area contributed by atoms with E-state index < -0.39 is 0 Å². The Kier molecular flexibility index (Phi) is 2.61. The molecule has 0 aromatic carbocycles. The number of anilines is 1. The van der Waals surface area contributed by atoms with Gasteiger partial charge in [0.15, 0.2) is 6.19 Å². The fourth-order valence-corrected chi connectivity index (χ4v) is 2.10. The van der Waals surface area contributed by atoms with Crippen LogP contribution in [0.4, 0.5) is 5.69 Å². The van der Waals surface area contributed by atoms with E-state index in [4.69, 9.17) is 10.5 Å². The van der Waals surface area contributed by atoms with Gasteiger partial charge in [-0.15, -0.1) is 0 Å². The van der Waals surface area contributed by atoms with Gasteiger partial charge in [-0.2, -0.15) is 19.9 Å². The number of aromatic nitrogens is 2. The van der Waals surface area contributed by atoms with Crippen LogP contribution in [0.15, 0.2) is 4.99 Å². The summed E-state index contributed by atoms with van der Waals surface area (Å²) >= 11 is 1.10. The van der Waals surface area contributed by atoms with Crippen LogP contribution in [0.3, 0.4) is 0 Å². The van der Waals surface area contributed by atoms with Crippen molar-refractivity contribution in [1.82, 2.24) is 8.75 Å². The lowest BCUT2D eigenvalue weighted by molar-refractivity contribution is 1.24. The summed E-state index contributed by atoms with van der Waals surface area (Å²) in [4.78, 5) is 3.69. The predicted octanol–water partition coefficient (Wildman–Crippen LogP) is -0.329. The topological polar surface area (TPSA) is 101 Å². The SMILES string of the molecule is C=c1c(NC#N)c2[nH]snc-2c(=NC#N)c1=C. The normalized spacial score (nSPS) is 11.1. The number of nitrogens with one attached hydrogen (secondary N) is 2. The first-order valence-electron chi connectivity index (χ1n) is 4.46. The third kappa shape index (κ3) is 1.55. The molecule has 1 aliphatic heterocycles. The molecule has 7 heteroatoms. The molecule has 0 amide bonds. The highest BCUT2D eigenvalue weighted by molar-refractivity contribution is 6.99. The van der Waals surface area contributed by atoms with E-state index in [1.807, 2.05) is 6.19 Å². The lowest BCUT2D eigenvalue weighted by atomic mass is 10.1. The highest BCUT2D eigenvalue weighted by Gasteiger charge is 2.16. The van der Waals surface area contributed by atoms with Crippen molar-refractivity contribution in [3.05, 3.63) is 15.8 Å². The second-order valence-corrected chi connectivity index (χ2v) is 3.71. The summed E-state index contributed by atoms with van der Waals surface area (Å²) in [6.45, 7) is 7.63. The van der Waals surface area contributed by atoms with Crippen LogP contribution in [-0.4, -0.2) is 8.75 Å². The molecule has 0 aromatic rings. The lowest BCUT2D eigenvalue weighted by Gasteiger charge is -2.05. The molecule has 82 valence electrons. The first kappa shape index (κ1) is 10.9. The molecule has 0 aromatic heterocycles. The van der Waals surface area contributed by atoms with E-state index in [-0.39, 0.29) is 0 Å². The maximum atomic E-state index is 8.69. The zero-order chi connectivity index (χ0) is 12.4. The summed E-state index contributed by atoms with van der Waals surface area (Å²) in [5, 5.41) is 21.2. The molecule has 0 bridgehead atoms. The molecule has 6 nitrogen and oxygen atoms in total. The van der Waals surface area contributed by atoms with E-state index in [0.29, 0.717) is 32.9 Å². The molecule has 2 N–H and O–H groups in total. The Labute approximate surface area is 100 Å². The van der Waals surface area contributed by atoms with E-state index in [0.717, 1.165) is 11.7 Å². The molecule has 0 saturated heterocycles. The van der Waals surface area contributed by atoms with E-state index in [1.54, 1.807) is 6.19 Å². The molecule has 0 spiro atoms. The highest BCUT2D eigenvalue weighted by atomic mass is 32.1. The number of hydrogen-bond donors (Lipinski definition) is 2. The van der Waals surface area contributed by atoms with Gasteiger partial charge in [-0.25, -0.2) is 0 Å². The molecular formula is C10H6N6S. The molecule has 0 atom stereocenters. The summed E-state index contributed by atoms with van der Waals surface area (Å²) in [6.07, 6.45) is 3.54. The van der Waals surface area contributed by atoms with Gasteiger partial charge >= 0.3 is 0 Å². The van der Waals surface area contributed by atoms with Crippen LogP contribution in [-0.2, 0) is 0 Å². The Hall–Kier alpha value is -2.64. The number of fused-ring (bicyclic) bond motifs is 1. The molecule has 17 heavy (non-hydrogen) atoms. The first-order valence-corrected chi connectivity index (χ1v) is 5.24. The van der Waals surface area contributed by atoms with Crippen LogP contribution >= 0.6 is 11.7 Å². The average Bonchev–Trinajstić information content (AvgIpc) is 2.79. The second kappa shape index (κ2) is 4.08. The smallest absolute Gasteiger partial charge is 0.206 e. The van der Waals surface area contributed by atoms with Crippen LogP contribution < -0.4 is 21.1 Å². The van der Waals surface area contributed by atoms with Gasteiger partial charge in [-0.05, 0) is 0 Å². The van der Waals surface area contributed by atoms with Crippen molar-refractivity contribution in [3.8, 4) is 23.8 Å². The van der Waals surface area contributed by atoms with Gasteiger partial charge in [0.1, 0.15) is 16.7 Å². The van der Waals surface area contributed by atoms with Gasteiger partial charge in [0, 0.05) is 22.2 Å². The third-order valence-corrected chi connectivity index (χ3v) is 2.86. The summed E-state index contributed by atoms with van der Waals surface area (Å²) in [5.74, 6) is 0. The highest BCUT2D eigenvalue weighted by Crippen LogP contribution is 2.19. The molecule has 0 unspecified atom stereocenters. The number of H-pyrrole nitrogens is 1. The van der Waals surface area contributed by atoms with E-state index in [1.165, 1.54) is 0 Å². The molecule has 2 aliphatic rings. The van der Waals surface area contributed by atoms with Crippen LogP contribution in [0.2, 0.25) is 0 Å². The summed E-state index contributed by atoms with van der Waals surface area (Å²) < 4.78 is 7.03. The number of nitriles is 2. The molecular weight excluding hydrogens is 236 g/mol. The molecule has 0 saturated carbocycles. The standard InChI is InChI=1S/C10H6N6S/c1-5-6(2)8(14-4-12)10-9(15-17-16-10)7(5)13-3-11/h13,15H,1-2H2. The minimum absolute atomic E-state index is 0.383. The van der Waals surface area contributed by atoms with Crippen molar-refractivity contribution < 1.29 is 0 Å². The van der Waals surface area contributed by atoms with Gasteiger partial charge < -0.3 is 0 Å². The number of hydrogen-bond acceptors (Lipinski definition) is 6. The molecule has 2 rings (SSSR count). The minimum atomic E-state index is 0.383. The Morgan fingerprint density at radius 2 is 2.12 bits per heavy atom. The first-order chi connectivity index (χ1) is 8.20. The predicted molar refractivity (Wildman–Crippen MR) is 63.8 cm³/mol. The van der Waals surface area contributed by atoms with Crippen molar-refractivity contribution in [2.75, 3.05) is 5.32 Å². The molecule has 1 heterocycles. The van der Waals surface area contributed by atoms with Gasteiger partial charge in [-0.1, -0.05) is 13.2 Å². The maximum Gasteiger partial charge on any atom is 0.206 e. The monoisotopic (exact) mass is 242 g/mol. The lowest BCUT2D eigenvalue weighted by Crippen LogP contribution is -2.41. The van der Waals surface area contributed by atoms with Crippen molar-refractivity contribution >= 4 is 30.6 Å². The second-order valence-electron chi connectivity index (χ2n) is 3.14. The third-order valence-electron chi connectivity index (χ3n) is 2.29. The van der Waals surface area contributed by atoms with Crippen LogP contribution in [0, 0.1) is 22.9 Å². The number of nitrogens with zero attached hydrogens (tertiary/aromatic N) is 4. The summed E-state index contributed by atoms with van der Waals surface area (Å²) in [6, 6.07) is 0. The fourth-order valence-electron chi connectivity index (χ4n) is 1.49. The van der Waals surface area contributed by atoms with Crippen LogP contribution in [0.25, 0.3) is 24.5 Å². The fraction of sp³-hybridized carbons (Fsp3) is 0. The number of benzene rings is 1. The number of aromatic amines is 1. The Bertz CT molecular complexity index is 784. The van der Waals surface area contributed by atoms with Crippen molar-refractivity contribution in [2.24, 2.45) is 4.99 Å². The summed E-state index contributed by atoms with van der Waals surface area (Å²) in [5.41, 5.74) is 1.62. The maximum absolute atomic E-state index is 8.69. The van der Waals surface area contributed by atoms with Crippen molar-refractivity contribution in [3.63, 3.8) is 0 Å². The summed E-state index contributed by atoms with van der Waals surface area (Å²) in [7, 11) is 0. The van der Waals surface area contributed by atoms with Gasteiger partial charge in [-0.3, -0.25) is 9.69 Å². The Morgan fingerprint density at radius 1 is 1.35 bits per heavy atom. The van der Waals surface area contributed by atoms with Crippen molar-refractivity contribution in [1.29, 1.82) is 10.5 Å². The van der Waals surface area contributed by atoms with E-state index >= 15 is 0 Å². The average molecular weight is 242 g/mol. The zero-order valence-electron chi connectivity index (χ0n) is 8.61. The molecule has 0 radical (unpaired) electrons. The largest absolute Gasteiger partial charge is 0.291 e. The van der Waals surface area contributed by atoms with Gasteiger partial charge in [0.25, 0.3) is 0 Å². The Morgan fingerprint density at radius 3 is 2.76 bits per heavy atom. The van der Waals surface area contributed by atoms with Crippen molar-refractivity contribution in [2.45, 2.75) is 0 Å². The number of rotatable bonds is 1. The van der Waals surface area contributed by atoms with Gasteiger partial charge in [0.05, 0.1) is 5.69 Å². The van der Waals surface area contributed by atoms with Crippen LogP contribution in [0.5, 0.6) is 0 Å². The zero-order valence-corrected chi connectivity index (χ0v) is 9.43. The van der Waals surface area contributed by atoms with E-state index in [2.05, 4.69) is 32.2 Å². The quantitative estimate of drug-likeness (QED) is 0.528. The van der Waals surface area contributed by atoms with Crippen LogP contribution in [0.1, 0.15) is 0 Å². The van der Waals surface area contributed by atoms with Gasteiger partial charge in [0.2, 0.25) is 6.19 Å².